The second-order valence-corrected chi connectivity index (χ2v) is 5.00. The molecule has 1 unspecified atom stereocenters. The molecule has 5 nitrogen and oxygen atoms in total. The Hall–Kier alpha value is -2.18. The molecule has 1 atom stereocenters. The van der Waals surface area contributed by atoms with Gasteiger partial charge < -0.3 is 15.3 Å². The number of aliphatic carboxylic acids is 1. The molecule has 0 radical (unpaired) electrons. The van der Waals surface area contributed by atoms with Crippen molar-refractivity contribution < 1.29 is 23.5 Å². The molecule has 1 aliphatic heterocycles. The molecular formula is C14H16F2N2O3. The van der Waals surface area contributed by atoms with Crippen LogP contribution in [0.2, 0.25) is 0 Å². The van der Waals surface area contributed by atoms with Gasteiger partial charge in [0.2, 0.25) is 0 Å². The number of carbonyl (C=O) groups excluding carboxylic acids is 1. The minimum atomic E-state index is -0.914. The Balaban J connectivity index is 1.77. The number of carboxylic acid groups (broad SMARTS) is 1. The molecule has 0 aromatic heterocycles. The normalized spacial score (nSPS) is 17.8. The predicted molar refractivity (Wildman–Crippen MR) is 70.8 cm³/mol. The summed E-state index contributed by atoms with van der Waals surface area (Å²) >= 11 is 0. The summed E-state index contributed by atoms with van der Waals surface area (Å²) in [5.41, 5.74) is 0.582. The number of halogens is 2. The molecule has 7 heteroatoms. The van der Waals surface area contributed by atoms with E-state index in [1.165, 1.54) is 11.0 Å². The highest BCUT2D eigenvalue weighted by Crippen LogP contribution is 2.16. The van der Waals surface area contributed by atoms with Crippen molar-refractivity contribution in [3.8, 4) is 0 Å². The highest BCUT2D eigenvalue weighted by Gasteiger charge is 2.30. The van der Waals surface area contributed by atoms with Crippen LogP contribution in [0.1, 0.15) is 12.0 Å². The Morgan fingerprint density at radius 1 is 1.33 bits per heavy atom. The number of likely N-dealkylation sites (tertiary alicyclic amines) is 1. The predicted octanol–water partition coefficient (Wildman–Crippen LogP) is 1.62. The molecule has 1 saturated heterocycles. The molecule has 21 heavy (non-hydrogen) atoms. The van der Waals surface area contributed by atoms with Crippen LogP contribution >= 0.6 is 0 Å². The minimum absolute atomic E-state index is 0.201. The molecule has 1 heterocycles. The van der Waals surface area contributed by atoms with Crippen LogP contribution in [0, 0.1) is 17.6 Å². The Morgan fingerprint density at radius 3 is 2.71 bits per heavy atom. The summed E-state index contributed by atoms with van der Waals surface area (Å²) < 4.78 is 25.8. The van der Waals surface area contributed by atoms with Gasteiger partial charge in [-0.05, 0) is 30.5 Å². The molecule has 2 N–H and O–H groups in total. The third-order valence-electron chi connectivity index (χ3n) is 3.50. The lowest BCUT2D eigenvalue weighted by Crippen LogP contribution is -2.39. The number of benzene rings is 1. The third-order valence-corrected chi connectivity index (χ3v) is 3.50. The van der Waals surface area contributed by atoms with Gasteiger partial charge in [0, 0.05) is 19.6 Å². The number of carboxylic acids is 1. The first-order valence-electron chi connectivity index (χ1n) is 6.67. The monoisotopic (exact) mass is 298 g/mol. The summed E-state index contributed by atoms with van der Waals surface area (Å²) in [6.45, 7) is 0.887. The van der Waals surface area contributed by atoms with Crippen molar-refractivity contribution in [3.05, 3.63) is 35.4 Å². The van der Waals surface area contributed by atoms with E-state index in [0.717, 1.165) is 12.1 Å². The van der Waals surface area contributed by atoms with Gasteiger partial charge in [-0.2, -0.15) is 0 Å². The molecule has 0 aliphatic carbocycles. The van der Waals surface area contributed by atoms with E-state index in [1.54, 1.807) is 0 Å². The highest BCUT2D eigenvalue weighted by atomic mass is 19.2. The quantitative estimate of drug-likeness (QED) is 0.887. The summed E-state index contributed by atoms with van der Waals surface area (Å²) in [5.74, 6) is -3.23. The van der Waals surface area contributed by atoms with Gasteiger partial charge in [-0.25, -0.2) is 13.6 Å². The van der Waals surface area contributed by atoms with Crippen LogP contribution in [0.5, 0.6) is 0 Å². The van der Waals surface area contributed by atoms with Crippen LogP contribution < -0.4 is 5.32 Å². The molecule has 0 spiro atoms. The van der Waals surface area contributed by atoms with E-state index in [4.69, 9.17) is 5.11 Å². The Bertz CT molecular complexity index is 551. The van der Waals surface area contributed by atoms with Crippen molar-refractivity contribution in [2.24, 2.45) is 5.92 Å². The van der Waals surface area contributed by atoms with E-state index in [2.05, 4.69) is 5.32 Å². The summed E-state index contributed by atoms with van der Waals surface area (Å²) in [7, 11) is 0. The van der Waals surface area contributed by atoms with Crippen molar-refractivity contribution in [1.82, 2.24) is 10.2 Å². The first kappa shape index (κ1) is 15.2. The first-order valence-corrected chi connectivity index (χ1v) is 6.67. The van der Waals surface area contributed by atoms with Crippen molar-refractivity contribution in [2.75, 3.05) is 19.6 Å². The molecule has 0 saturated carbocycles. The van der Waals surface area contributed by atoms with Crippen LogP contribution in [0.15, 0.2) is 18.2 Å². The summed E-state index contributed by atoms with van der Waals surface area (Å²) in [4.78, 5) is 24.1. The van der Waals surface area contributed by atoms with Crippen molar-refractivity contribution in [3.63, 3.8) is 0 Å². The standard InChI is InChI=1S/C14H16F2N2O3/c15-11-2-1-9(7-12(11)16)3-5-17-14(21)18-6-4-10(8-18)13(19)20/h1-2,7,10H,3-6,8H2,(H,17,21)(H,19,20). The Morgan fingerprint density at radius 2 is 2.10 bits per heavy atom. The van der Waals surface area contributed by atoms with Gasteiger partial charge in [0.1, 0.15) is 0 Å². The minimum Gasteiger partial charge on any atom is -0.481 e. The molecule has 114 valence electrons. The second kappa shape index (κ2) is 6.51. The van der Waals surface area contributed by atoms with E-state index in [1.807, 2.05) is 0 Å². The maximum absolute atomic E-state index is 13.0. The molecular weight excluding hydrogens is 282 g/mol. The van der Waals surface area contributed by atoms with Crippen LogP contribution in [-0.4, -0.2) is 41.6 Å². The van der Waals surface area contributed by atoms with Gasteiger partial charge in [-0.3, -0.25) is 4.79 Å². The van der Waals surface area contributed by atoms with Gasteiger partial charge in [0.15, 0.2) is 11.6 Å². The summed E-state index contributed by atoms with van der Waals surface area (Å²) in [6, 6.07) is 3.27. The maximum atomic E-state index is 13.0. The third kappa shape index (κ3) is 3.90. The van der Waals surface area contributed by atoms with Crippen LogP contribution in [0.4, 0.5) is 13.6 Å². The number of rotatable bonds is 4. The van der Waals surface area contributed by atoms with Gasteiger partial charge in [-0.15, -0.1) is 0 Å². The van der Waals surface area contributed by atoms with Crippen molar-refractivity contribution >= 4 is 12.0 Å². The number of hydrogen-bond donors (Lipinski definition) is 2. The Labute approximate surface area is 120 Å². The summed E-state index contributed by atoms with van der Waals surface area (Å²) in [6.07, 6.45) is 0.824. The van der Waals surface area contributed by atoms with E-state index < -0.39 is 23.5 Å². The van der Waals surface area contributed by atoms with Crippen molar-refractivity contribution in [2.45, 2.75) is 12.8 Å². The lowest BCUT2D eigenvalue weighted by molar-refractivity contribution is -0.141. The second-order valence-electron chi connectivity index (χ2n) is 5.00. The molecule has 2 amide bonds. The zero-order chi connectivity index (χ0) is 15.4. The lowest BCUT2D eigenvalue weighted by atomic mass is 10.1. The first-order chi connectivity index (χ1) is 9.97. The number of urea groups is 1. The maximum Gasteiger partial charge on any atom is 0.317 e. The van der Waals surface area contributed by atoms with Crippen LogP contribution in [0.3, 0.4) is 0 Å². The average Bonchev–Trinajstić information content (AvgIpc) is 2.92. The number of carbonyl (C=O) groups is 2. The smallest absolute Gasteiger partial charge is 0.317 e. The van der Waals surface area contributed by atoms with E-state index in [-0.39, 0.29) is 19.1 Å². The van der Waals surface area contributed by atoms with Crippen LogP contribution in [0.25, 0.3) is 0 Å². The van der Waals surface area contributed by atoms with E-state index in [9.17, 15) is 18.4 Å². The molecule has 1 aromatic rings. The van der Waals surface area contributed by atoms with Crippen LogP contribution in [-0.2, 0) is 11.2 Å². The van der Waals surface area contributed by atoms with E-state index in [0.29, 0.717) is 24.9 Å². The number of nitrogens with one attached hydrogen (secondary N) is 1. The zero-order valence-corrected chi connectivity index (χ0v) is 11.3. The molecule has 1 aliphatic rings. The summed E-state index contributed by atoms with van der Waals surface area (Å²) in [5, 5.41) is 11.5. The van der Waals surface area contributed by atoms with Crippen molar-refractivity contribution in [1.29, 1.82) is 0 Å². The number of nitrogens with zero attached hydrogens (tertiary/aromatic N) is 1. The van der Waals surface area contributed by atoms with Gasteiger partial charge in [-0.1, -0.05) is 6.07 Å². The fourth-order valence-corrected chi connectivity index (χ4v) is 2.27. The highest BCUT2D eigenvalue weighted by molar-refractivity contribution is 5.77. The lowest BCUT2D eigenvalue weighted by Gasteiger charge is -2.16. The van der Waals surface area contributed by atoms with Gasteiger partial charge in [0.25, 0.3) is 0 Å². The number of hydrogen-bond acceptors (Lipinski definition) is 2. The van der Waals surface area contributed by atoms with Gasteiger partial charge in [0.05, 0.1) is 5.92 Å². The van der Waals surface area contributed by atoms with E-state index >= 15 is 0 Å². The molecule has 1 aromatic carbocycles. The molecule has 0 bridgehead atoms. The Kier molecular flexibility index (Phi) is 4.72. The zero-order valence-electron chi connectivity index (χ0n) is 11.3. The largest absolute Gasteiger partial charge is 0.481 e. The topological polar surface area (TPSA) is 69.6 Å². The SMILES string of the molecule is O=C(O)C1CCN(C(=O)NCCc2ccc(F)c(F)c2)C1. The average molecular weight is 298 g/mol. The molecule has 2 rings (SSSR count). The number of amides is 2. The molecule has 1 fully saturated rings. The van der Waals surface area contributed by atoms with Gasteiger partial charge >= 0.3 is 12.0 Å². The fraction of sp³-hybridized carbons (Fsp3) is 0.429. The fourth-order valence-electron chi connectivity index (χ4n) is 2.27.